The fraction of sp³-hybridized carbons (Fsp3) is 0.588. The van der Waals surface area contributed by atoms with Gasteiger partial charge in [0.2, 0.25) is 5.91 Å². The van der Waals surface area contributed by atoms with Crippen LogP contribution in [0.1, 0.15) is 45.6 Å². The summed E-state index contributed by atoms with van der Waals surface area (Å²) in [6.45, 7) is 7.10. The molecular weight excluding hydrogens is 248 g/mol. The molecule has 0 radical (unpaired) electrons. The van der Waals surface area contributed by atoms with Crippen LogP contribution in [0.2, 0.25) is 0 Å². The maximum Gasteiger partial charge on any atom is 0.227 e. The van der Waals surface area contributed by atoms with Crippen molar-refractivity contribution in [2.75, 3.05) is 11.9 Å². The Morgan fingerprint density at radius 3 is 2.65 bits per heavy atom. The molecule has 1 fully saturated rings. The van der Waals surface area contributed by atoms with E-state index in [1.54, 1.807) is 0 Å². The average molecular weight is 274 g/mol. The highest BCUT2D eigenvalue weighted by Crippen LogP contribution is 2.34. The van der Waals surface area contributed by atoms with Crippen LogP contribution in [-0.4, -0.2) is 12.5 Å². The van der Waals surface area contributed by atoms with Gasteiger partial charge in [0.15, 0.2) is 0 Å². The molecule has 2 rings (SSSR count). The summed E-state index contributed by atoms with van der Waals surface area (Å²) in [7, 11) is 0. The number of rotatable bonds is 3. The third-order valence-electron chi connectivity index (χ3n) is 4.29. The zero-order chi connectivity index (χ0) is 14.8. The third-order valence-corrected chi connectivity index (χ3v) is 4.29. The molecule has 1 aliphatic rings. The molecule has 0 spiro atoms. The SMILES string of the molecule is CC(C)(C)c1ccccc1NC(=O)C1CCCC1CN. The van der Waals surface area contributed by atoms with Gasteiger partial charge in [0.25, 0.3) is 0 Å². The summed E-state index contributed by atoms with van der Waals surface area (Å²) in [4.78, 5) is 12.5. The van der Waals surface area contributed by atoms with Gasteiger partial charge < -0.3 is 11.1 Å². The van der Waals surface area contributed by atoms with Crippen molar-refractivity contribution in [3.8, 4) is 0 Å². The highest BCUT2D eigenvalue weighted by Gasteiger charge is 2.32. The first kappa shape index (κ1) is 15.0. The minimum absolute atomic E-state index is 0.0207. The minimum Gasteiger partial charge on any atom is -0.330 e. The molecule has 1 saturated carbocycles. The average Bonchev–Trinajstić information content (AvgIpc) is 2.86. The number of amides is 1. The van der Waals surface area contributed by atoms with Gasteiger partial charge in [-0.1, -0.05) is 45.4 Å². The lowest BCUT2D eigenvalue weighted by Gasteiger charge is -2.24. The summed E-state index contributed by atoms with van der Waals surface area (Å²) in [6, 6.07) is 8.07. The van der Waals surface area contributed by atoms with E-state index in [9.17, 15) is 4.79 Å². The number of nitrogens with one attached hydrogen (secondary N) is 1. The van der Waals surface area contributed by atoms with Crippen LogP contribution in [0.25, 0.3) is 0 Å². The van der Waals surface area contributed by atoms with E-state index in [0.717, 1.165) is 24.9 Å². The van der Waals surface area contributed by atoms with E-state index >= 15 is 0 Å². The predicted molar refractivity (Wildman–Crippen MR) is 83.7 cm³/mol. The molecular formula is C17H26N2O. The summed E-state index contributed by atoms with van der Waals surface area (Å²) < 4.78 is 0. The smallest absolute Gasteiger partial charge is 0.227 e. The van der Waals surface area contributed by atoms with Crippen LogP contribution in [0.3, 0.4) is 0 Å². The van der Waals surface area contributed by atoms with E-state index in [-0.39, 0.29) is 17.2 Å². The van der Waals surface area contributed by atoms with Gasteiger partial charge in [-0.15, -0.1) is 0 Å². The second-order valence-electron chi connectivity index (χ2n) is 6.82. The normalized spacial score (nSPS) is 22.8. The van der Waals surface area contributed by atoms with Gasteiger partial charge in [-0.3, -0.25) is 4.79 Å². The van der Waals surface area contributed by atoms with Crippen molar-refractivity contribution in [1.82, 2.24) is 0 Å². The highest BCUT2D eigenvalue weighted by atomic mass is 16.1. The molecule has 1 aliphatic carbocycles. The van der Waals surface area contributed by atoms with Crippen LogP contribution in [0.5, 0.6) is 0 Å². The van der Waals surface area contributed by atoms with Gasteiger partial charge in [-0.2, -0.15) is 0 Å². The first-order valence-corrected chi connectivity index (χ1v) is 7.54. The molecule has 2 unspecified atom stereocenters. The quantitative estimate of drug-likeness (QED) is 0.888. The molecule has 0 bridgehead atoms. The van der Waals surface area contributed by atoms with Crippen LogP contribution in [-0.2, 0) is 10.2 Å². The predicted octanol–water partition coefficient (Wildman–Crippen LogP) is 3.30. The van der Waals surface area contributed by atoms with E-state index in [1.165, 1.54) is 5.56 Å². The number of anilines is 1. The Bertz CT molecular complexity index is 476. The number of carbonyl (C=O) groups is 1. The molecule has 20 heavy (non-hydrogen) atoms. The third kappa shape index (κ3) is 3.21. The number of hydrogen-bond acceptors (Lipinski definition) is 2. The molecule has 1 aromatic rings. The molecule has 0 aliphatic heterocycles. The summed E-state index contributed by atoms with van der Waals surface area (Å²) in [5.74, 6) is 0.555. The van der Waals surface area contributed by atoms with Crippen LogP contribution < -0.4 is 11.1 Å². The molecule has 110 valence electrons. The second-order valence-corrected chi connectivity index (χ2v) is 6.82. The Labute approximate surface area is 121 Å². The highest BCUT2D eigenvalue weighted by molar-refractivity contribution is 5.93. The van der Waals surface area contributed by atoms with E-state index in [0.29, 0.717) is 12.5 Å². The number of hydrogen-bond donors (Lipinski definition) is 2. The molecule has 3 heteroatoms. The van der Waals surface area contributed by atoms with Crippen LogP contribution in [0.15, 0.2) is 24.3 Å². The Morgan fingerprint density at radius 1 is 1.30 bits per heavy atom. The van der Waals surface area contributed by atoms with E-state index in [2.05, 4.69) is 32.2 Å². The van der Waals surface area contributed by atoms with Crippen molar-refractivity contribution in [1.29, 1.82) is 0 Å². The maximum atomic E-state index is 12.5. The lowest BCUT2D eigenvalue weighted by atomic mass is 9.85. The molecule has 0 heterocycles. The molecule has 3 nitrogen and oxygen atoms in total. The topological polar surface area (TPSA) is 55.1 Å². The standard InChI is InChI=1S/C17H26N2O/c1-17(2,3)14-9-4-5-10-15(14)19-16(20)13-8-6-7-12(13)11-18/h4-5,9-10,12-13H,6-8,11,18H2,1-3H3,(H,19,20). The van der Waals surface area contributed by atoms with E-state index < -0.39 is 0 Å². The number of nitrogens with two attached hydrogens (primary N) is 1. The van der Waals surface area contributed by atoms with Gasteiger partial charge >= 0.3 is 0 Å². The van der Waals surface area contributed by atoms with Crippen LogP contribution >= 0.6 is 0 Å². The lowest BCUT2D eigenvalue weighted by Crippen LogP contribution is -2.30. The van der Waals surface area contributed by atoms with Gasteiger partial charge in [0, 0.05) is 11.6 Å². The zero-order valence-electron chi connectivity index (χ0n) is 12.8. The maximum absolute atomic E-state index is 12.5. The summed E-state index contributed by atoms with van der Waals surface area (Å²) in [6.07, 6.45) is 3.15. The van der Waals surface area contributed by atoms with Crippen molar-refractivity contribution < 1.29 is 4.79 Å². The van der Waals surface area contributed by atoms with Crippen molar-refractivity contribution >= 4 is 11.6 Å². The largest absolute Gasteiger partial charge is 0.330 e. The Balaban J connectivity index is 2.16. The van der Waals surface area contributed by atoms with Crippen molar-refractivity contribution in [2.24, 2.45) is 17.6 Å². The molecule has 2 atom stereocenters. The van der Waals surface area contributed by atoms with Crippen LogP contribution in [0.4, 0.5) is 5.69 Å². The fourth-order valence-corrected chi connectivity index (χ4v) is 3.14. The molecule has 1 aromatic carbocycles. The van der Waals surface area contributed by atoms with Crippen molar-refractivity contribution in [3.05, 3.63) is 29.8 Å². The van der Waals surface area contributed by atoms with Gasteiger partial charge in [-0.25, -0.2) is 0 Å². The summed E-state index contributed by atoms with van der Waals surface area (Å²) in [5.41, 5.74) is 7.91. The fourth-order valence-electron chi connectivity index (χ4n) is 3.14. The second kappa shape index (κ2) is 5.96. The number of para-hydroxylation sites is 1. The first-order chi connectivity index (χ1) is 9.43. The first-order valence-electron chi connectivity index (χ1n) is 7.54. The molecule has 0 saturated heterocycles. The van der Waals surface area contributed by atoms with Crippen molar-refractivity contribution in [2.45, 2.75) is 45.4 Å². The Kier molecular flexibility index (Phi) is 4.48. The van der Waals surface area contributed by atoms with E-state index in [1.807, 2.05) is 18.2 Å². The lowest BCUT2D eigenvalue weighted by molar-refractivity contribution is -0.120. The monoisotopic (exact) mass is 274 g/mol. The zero-order valence-corrected chi connectivity index (χ0v) is 12.8. The van der Waals surface area contributed by atoms with E-state index in [4.69, 9.17) is 5.73 Å². The van der Waals surface area contributed by atoms with Gasteiger partial charge in [-0.05, 0) is 42.3 Å². The minimum atomic E-state index is 0.0207. The van der Waals surface area contributed by atoms with Gasteiger partial charge in [0.05, 0.1) is 0 Å². The summed E-state index contributed by atoms with van der Waals surface area (Å²) >= 11 is 0. The molecule has 0 aromatic heterocycles. The number of benzene rings is 1. The van der Waals surface area contributed by atoms with Crippen molar-refractivity contribution in [3.63, 3.8) is 0 Å². The molecule has 1 amide bonds. The molecule has 3 N–H and O–H groups in total. The Morgan fingerprint density at radius 2 is 2.00 bits per heavy atom. The van der Waals surface area contributed by atoms with Crippen LogP contribution in [0, 0.1) is 11.8 Å². The number of carbonyl (C=O) groups excluding carboxylic acids is 1. The summed E-state index contributed by atoms with van der Waals surface area (Å²) in [5, 5.41) is 3.13. The Hall–Kier alpha value is -1.35. The van der Waals surface area contributed by atoms with Gasteiger partial charge in [0.1, 0.15) is 0 Å².